The Hall–Kier alpha value is -2.64. The van der Waals surface area contributed by atoms with Gasteiger partial charge in [0.05, 0.1) is 11.1 Å². The summed E-state index contributed by atoms with van der Waals surface area (Å²) in [6, 6.07) is 23.2. The monoisotopic (exact) mass is 444 g/mol. The van der Waals surface area contributed by atoms with Gasteiger partial charge in [-0.1, -0.05) is 46.3 Å². The van der Waals surface area contributed by atoms with E-state index in [4.69, 9.17) is 4.74 Å². The van der Waals surface area contributed by atoms with Crippen molar-refractivity contribution in [1.29, 1.82) is 0 Å². The van der Waals surface area contributed by atoms with Gasteiger partial charge in [-0.25, -0.2) is 4.83 Å². The van der Waals surface area contributed by atoms with Gasteiger partial charge in [-0.3, -0.25) is 0 Å². The van der Waals surface area contributed by atoms with E-state index in [1.807, 2.05) is 36.4 Å². The van der Waals surface area contributed by atoms with Crippen LogP contribution in [0.4, 0.5) is 0 Å². The summed E-state index contributed by atoms with van der Waals surface area (Å²) >= 11 is 3.40. The third-order valence-corrected chi connectivity index (χ3v) is 5.41. The standard InChI is InChI=1S/C20H17BrN2O3S/c21-18-10-6-17(7-11-18)15-26-19-12-8-16(9-13-19)14-22-23-27(24,25)20-4-2-1-3-5-20/h1-14,23H,15H2/b22-14-. The topological polar surface area (TPSA) is 67.8 Å². The molecular weight excluding hydrogens is 428 g/mol. The fourth-order valence-corrected chi connectivity index (χ4v) is 3.30. The van der Waals surface area contributed by atoms with Crippen molar-refractivity contribution in [3.8, 4) is 5.75 Å². The van der Waals surface area contributed by atoms with Crippen LogP contribution in [0.1, 0.15) is 11.1 Å². The molecule has 0 amide bonds. The van der Waals surface area contributed by atoms with Gasteiger partial charge >= 0.3 is 0 Å². The van der Waals surface area contributed by atoms with Gasteiger partial charge in [-0.05, 0) is 59.7 Å². The smallest absolute Gasteiger partial charge is 0.276 e. The number of ether oxygens (including phenoxy) is 1. The van der Waals surface area contributed by atoms with Crippen LogP contribution >= 0.6 is 15.9 Å². The highest BCUT2D eigenvalue weighted by molar-refractivity contribution is 9.10. The Morgan fingerprint density at radius 1 is 0.926 bits per heavy atom. The Labute approximate surface area is 166 Å². The van der Waals surface area contributed by atoms with Crippen molar-refractivity contribution in [3.63, 3.8) is 0 Å². The number of sulfonamides is 1. The van der Waals surface area contributed by atoms with Crippen LogP contribution in [0.2, 0.25) is 0 Å². The molecule has 0 fully saturated rings. The molecule has 3 aromatic rings. The van der Waals surface area contributed by atoms with Gasteiger partial charge in [0.25, 0.3) is 10.0 Å². The molecular formula is C20H17BrN2O3S. The van der Waals surface area contributed by atoms with Crippen LogP contribution in [0.15, 0.2) is 93.3 Å². The normalized spacial score (nSPS) is 11.4. The van der Waals surface area contributed by atoms with E-state index in [2.05, 4.69) is 25.9 Å². The van der Waals surface area contributed by atoms with E-state index in [1.54, 1.807) is 30.3 Å². The average Bonchev–Trinajstić information content (AvgIpc) is 2.69. The predicted molar refractivity (Wildman–Crippen MR) is 109 cm³/mol. The summed E-state index contributed by atoms with van der Waals surface area (Å²) in [5.41, 5.74) is 1.82. The van der Waals surface area contributed by atoms with Crippen molar-refractivity contribution in [2.75, 3.05) is 0 Å². The van der Waals surface area contributed by atoms with Crippen LogP contribution in [0.3, 0.4) is 0 Å². The molecule has 0 aliphatic rings. The number of rotatable bonds is 7. The molecule has 3 aromatic carbocycles. The SMILES string of the molecule is O=S(=O)(N/N=C\c1ccc(OCc2ccc(Br)cc2)cc1)c1ccccc1. The zero-order valence-electron chi connectivity index (χ0n) is 14.2. The summed E-state index contributed by atoms with van der Waals surface area (Å²) in [7, 11) is -3.66. The molecule has 0 atom stereocenters. The molecule has 0 aliphatic heterocycles. The molecule has 1 N–H and O–H groups in total. The van der Waals surface area contributed by atoms with Crippen molar-refractivity contribution in [1.82, 2.24) is 4.83 Å². The van der Waals surface area contributed by atoms with E-state index in [1.165, 1.54) is 18.3 Å². The Bertz CT molecular complexity index is 1000. The second-order valence-electron chi connectivity index (χ2n) is 5.65. The summed E-state index contributed by atoms with van der Waals surface area (Å²) in [5.74, 6) is 0.722. The van der Waals surface area contributed by atoms with E-state index in [0.29, 0.717) is 6.61 Å². The van der Waals surface area contributed by atoms with Crippen molar-refractivity contribution in [3.05, 3.63) is 94.5 Å². The van der Waals surface area contributed by atoms with Crippen LogP contribution < -0.4 is 9.57 Å². The van der Waals surface area contributed by atoms with Crippen LogP contribution in [-0.2, 0) is 16.6 Å². The van der Waals surface area contributed by atoms with Crippen molar-refractivity contribution in [2.24, 2.45) is 5.10 Å². The minimum atomic E-state index is -3.66. The third-order valence-electron chi connectivity index (χ3n) is 3.64. The number of nitrogens with one attached hydrogen (secondary N) is 1. The Morgan fingerprint density at radius 2 is 1.59 bits per heavy atom. The summed E-state index contributed by atoms with van der Waals surface area (Å²) in [6.45, 7) is 0.470. The van der Waals surface area contributed by atoms with Gasteiger partial charge in [-0.15, -0.1) is 0 Å². The first-order valence-corrected chi connectivity index (χ1v) is 10.4. The number of benzene rings is 3. The Morgan fingerprint density at radius 3 is 2.26 bits per heavy atom. The lowest BCUT2D eigenvalue weighted by molar-refractivity contribution is 0.306. The lowest BCUT2D eigenvalue weighted by atomic mass is 10.2. The number of hydrazone groups is 1. The minimum absolute atomic E-state index is 0.166. The van der Waals surface area contributed by atoms with E-state index in [0.717, 1.165) is 21.3 Å². The summed E-state index contributed by atoms with van der Waals surface area (Å²) in [6.07, 6.45) is 1.44. The first kappa shape index (κ1) is 19.1. The van der Waals surface area contributed by atoms with Gasteiger partial charge in [0.2, 0.25) is 0 Å². The molecule has 0 heterocycles. The average molecular weight is 445 g/mol. The van der Waals surface area contributed by atoms with E-state index < -0.39 is 10.0 Å². The largest absolute Gasteiger partial charge is 0.489 e. The van der Waals surface area contributed by atoms with Crippen LogP contribution in [-0.4, -0.2) is 14.6 Å². The zero-order valence-corrected chi connectivity index (χ0v) is 16.7. The molecule has 0 saturated carbocycles. The minimum Gasteiger partial charge on any atom is -0.489 e. The maximum absolute atomic E-state index is 12.1. The quantitative estimate of drug-likeness (QED) is 0.435. The van der Waals surface area contributed by atoms with E-state index >= 15 is 0 Å². The number of nitrogens with zero attached hydrogens (tertiary/aromatic N) is 1. The molecule has 0 saturated heterocycles. The highest BCUT2D eigenvalue weighted by Crippen LogP contribution is 2.15. The van der Waals surface area contributed by atoms with E-state index in [-0.39, 0.29) is 4.90 Å². The zero-order chi connectivity index (χ0) is 19.1. The van der Waals surface area contributed by atoms with Gasteiger partial charge in [0, 0.05) is 4.47 Å². The second kappa shape index (κ2) is 8.83. The lowest BCUT2D eigenvalue weighted by Crippen LogP contribution is -2.18. The number of hydrogen-bond acceptors (Lipinski definition) is 4. The first-order valence-electron chi connectivity index (χ1n) is 8.10. The molecule has 0 bridgehead atoms. The molecule has 138 valence electrons. The van der Waals surface area contributed by atoms with Gasteiger partial charge < -0.3 is 4.74 Å². The molecule has 27 heavy (non-hydrogen) atoms. The second-order valence-corrected chi connectivity index (χ2v) is 8.23. The lowest BCUT2D eigenvalue weighted by Gasteiger charge is -2.06. The maximum atomic E-state index is 12.1. The third kappa shape index (κ3) is 5.67. The highest BCUT2D eigenvalue weighted by Gasteiger charge is 2.10. The molecule has 0 aliphatic carbocycles. The predicted octanol–water partition coefficient (Wildman–Crippen LogP) is 4.34. The van der Waals surface area contributed by atoms with Gasteiger partial charge in [0.15, 0.2) is 0 Å². The molecule has 0 aromatic heterocycles. The fourth-order valence-electron chi connectivity index (χ4n) is 2.22. The van der Waals surface area contributed by atoms with Crippen LogP contribution in [0, 0.1) is 0 Å². The molecule has 5 nitrogen and oxygen atoms in total. The number of halogens is 1. The maximum Gasteiger partial charge on any atom is 0.276 e. The van der Waals surface area contributed by atoms with Crippen LogP contribution in [0.5, 0.6) is 5.75 Å². The molecule has 0 spiro atoms. The molecule has 7 heteroatoms. The van der Waals surface area contributed by atoms with Crippen molar-refractivity contribution in [2.45, 2.75) is 11.5 Å². The highest BCUT2D eigenvalue weighted by atomic mass is 79.9. The van der Waals surface area contributed by atoms with E-state index in [9.17, 15) is 8.42 Å². The van der Waals surface area contributed by atoms with Crippen LogP contribution in [0.25, 0.3) is 0 Å². The summed E-state index contributed by atoms with van der Waals surface area (Å²) in [4.78, 5) is 2.36. The summed E-state index contributed by atoms with van der Waals surface area (Å²) in [5, 5.41) is 3.81. The molecule has 0 radical (unpaired) electrons. The first-order chi connectivity index (χ1) is 13.0. The van der Waals surface area contributed by atoms with Crippen molar-refractivity contribution < 1.29 is 13.2 Å². The molecule has 0 unspecified atom stereocenters. The van der Waals surface area contributed by atoms with Gasteiger partial charge in [0.1, 0.15) is 12.4 Å². The molecule has 3 rings (SSSR count). The Balaban J connectivity index is 1.55. The number of hydrogen-bond donors (Lipinski definition) is 1. The van der Waals surface area contributed by atoms with Crippen molar-refractivity contribution >= 4 is 32.2 Å². The summed E-state index contributed by atoms with van der Waals surface area (Å²) < 4.78 is 30.9. The van der Waals surface area contributed by atoms with Gasteiger partial charge in [-0.2, -0.15) is 13.5 Å². The Kier molecular flexibility index (Phi) is 6.26. The fraction of sp³-hybridized carbons (Fsp3) is 0.0500.